The number of methoxy groups -OCH3 is 1. The third-order valence-corrected chi connectivity index (χ3v) is 11.3. The highest BCUT2D eigenvalue weighted by Gasteiger charge is 2.53. The molecule has 4 heterocycles. The highest BCUT2D eigenvalue weighted by molar-refractivity contribution is 6.21. The molecule has 0 bridgehead atoms. The number of hydrogen-bond donors (Lipinski definition) is 6. The number of piperazine rings is 2. The predicted molar refractivity (Wildman–Crippen MR) is 177 cm³/mol. The predicted octanol–water partition coefficient (Wildman–Crippen LogP) is -0.656. The first-order chi connectivity index (χ1) is 23.3. The molecule has 4 aliphatic heterocycles. The molecule has 0 aromatic heterocycles. The number of ketones is 1. The van der Waals surface area contributed by atoms with Crippen LogP contribution in [0.1, 0.15) is 39.5 Å². The highest BCUT2D eigenvalue weighted by Crippen LogP contribution is 2.39. The van der Waals surface area contributed by atoms with Gasteiger partial charge in [-0.1, -0.05) is 19.1 Å². The lowest BCUT2D eigenvalue weighted by molar-refractivity contribution is -0.182. The third-order valence-electron chi connectivity index (χ3n) is 10.8. The average molecular weight is 721 g/mol. The van der Waals surface area contributed by atoms with E-state index in [4.69, 9.17) is 16.3 Å². The van der Waals surface area contributed by atoms with E-state index in [-0.39, 0.29) is 61.5 Å². The maximum Gasteiger partial charge on any atom is 0.391 e. The van der Waals surface area contributed by atoms with Crippen molar-refractivity contribution in [3.8, 4) is 0 Å². The van der Waals surface area contributed by atoms with E-state index >= 15 is 0 Å². The molecular weight excluding hydrogens is 669 g/mol. The van der Waals surface area contributed by atoms with Crippen molar-refractivity contribution < 1.29 is 37.4 Å². The van der Waals surface area contributed by atoms with E-state index in [0.29, 0.717) is 52.4 Å². The summed E-state index contributed by atoms with van der Waals surface area (Å²) in [6, 6.07) is -3.20. The van der Waals surface area contributed by atoms with E-state index in [1.165, 1.54) is 0 Å². The summed E-state index contributed by atoms with van der Waals surface area (Å²) in [5, 5.41) is 25.8. The van der Waals surface area contributed by atoms with Crippen molar-refractivity contribution in [2.75, 3.05) is 59.7 Å². The van der Waals surface area contributed by atoms with Crippen LogP contribution in [-0.2, 0) is 19.1 Å². The van der Waals surface area contributed by atoms with Crippen molar-refractivity contribution >= 4 is 29.2 Å². The average Bonchev–Trinajstić information content (AvgIpc) is 3.07. The van der Waals surface area contributed by atoms with Gasteiger partial charge in [-0.3, -0.25) is 40.1 Å². The molecule has 0 spiro atoms. The zero-order valence-corrected chi connectivity index (χ0v) is 29.2. The lowest BCUT2D eigenvalue weighted by atomic mass is 9.84. The summed E-state index contributed by atoms with van der Waals surface area (Å²) in [4.78, 5) is 47.1. The van der Waals surface area contributed by atoms with Gasteiger partial charge in [0, 0.05) is 70.7 Å². The number of nitrogens with one attached hydrogen (secondary N) is 5. The maximum absolute atomic E-state index is 14.3. The Balaban J connectivity index is 1.30. The van der Waals surface area contributed by atoms with E-state index in [0.717, 1.165) is 0 Å². The molecule has 17 heteroatoms. The van der Waals surface area contributed by atoms with Crippen LogP contribution in [0.4, 0.5) is 13.2 Å². The van der Waals surface area contributed by atoms with Crippen LogP contribution in [0, 0.1) is 5.92 Å². The molecule has 11 unspecified atom stereocenters. The van der Waals surface area contributed by atoms with E-state index in [1.807, 2.05) is 30.9 Å². The molecule has 0 radical (unpaired) electrons. The van der Waals surface area contributed by atoms with Crippen molar-refractivity contribution in [2.24, 2.45) is 5.92 Å². The van der Waals surface area contributed by atoms with Crippen LogP contribution >= 0.6 is 11.6 Å². The van der Waals surface area contributed by atoms with Gasteiger partial charge in [0.2, 0.25) is 11.8 Å². The Kier molecular flexibility index (Phi) is 13.0. The minimum absolute atomic E-state index is 0.00988. The van der Waals surface area contributed by atoms with E-state index in [9.17, 15) is 32.7 Å². The number of nitrogens with zero attached hydrogens (tertiary/aromatic N) is 3. The second-order valence-electron chi connectivity index (χ2n) is 13.9. The largest absolute Gasteiger partial charge is 0.391 e. The molecule has 13 nitrogen and oxygen atoms in total. The van der Waals surface area contributed by atoms with Crippen molar-refractivity contribution in [3.63, 3.8) is 0 Å². The first-order valence-electron chi connectivity index (χ1n) is 17.5. The zero-order valence-electron chi connectivity index (χ0n) is 28.4. The van der Waals surface area contributed by atoms with Gasteiger partial charge in [0.25, 0.3) is 0 Å². The van der Waals surface area contributed by atoms with E-state index < -0.39 is 53.9 Å². The molecule has 5 rings (SSSR count). The maximum atomic E-state index is 14.3. The Morgan fingerprint density at radius 2 is 1.88 bits per heavy atom. The second kappa shape index (κ2) is 16.6. The lowest BCUT2D eigenvalue weighted by Gasteiger charge is -2.55. The van der Waals surface area contributed by atoms with Crippen LogP contribution in [0.2, 0.25) is 0 Å². The van der Waals surface area contributed by atoms with E-state index in [1.54, 1.807) is 12.0 Å². The molecule has 49 heavy (non-hydrogen) atoms. The fourth-order valence-corrected chi connectivity index (χ4v) is 8.49. The number of piperidine rings is 1. The highest BCUT2D eigenvalue weighted by atomic mass is 35.5. The smallest absolute Gasteiger partial charge is 0.389 e. The Labute approximate surface area is 291 Å². The van der Waals surface area contributed by atoms with Gasteiger partial charge in [-0.25, -0.2) is 0 Å². The van der Waals surface area contributed by atoms with Gasteiger partial charge >= 0.3 is 6.18 Å². The minimum Gasteiger partial charge on any atom is -0.389 e. The third kappa shape index (κ3) is 8.78. The SMILES string of the molecule is CCC1C(N2CCN(C(=O)C3NCNC(C)C3O)CC2)C(=O)C2NCC(/C=C/COC)NC2N1CC(=O)NC1CCC(C(F)(F)F)CC1Cl. The topological polar surface area (TPSA) is 151 Å². The summed E-state index contributed by atoms with van der Waals surface area (Å²) in [6.45, 7) is 6.71. The fraction of sp³-hybridized carbons (Fsp3) is 0.844. The molecule has 2 amide bonds. The Hall–Kier alpha value is -1.89. The Morgan fingerprint density at radius 3 is 2.53 bits per heavy atom. The number of rotatable bonds is 9. The first-order valence-corrected chi connectivity index (χ1v) is 17.9. The number of ether oxygens (including phenoxy) is 1. The van der Waals surface area contributed by atoms with Crippen LogP contribution in [0.5, 0.6) is 0 Å². The number of aliphatic hydroxyl groups is 1. The number of carbonyl (C=O) groups excluding carboxylic acids is 3. The molecule has 11 atom stereocenters. The summed E-state index contributed by atoms with van der Waals surface area (Å²) in [7, 11) is 1.60. The number of aliphatic hydroxyl groups excluding tert-OH is 1. The van der Waals surface area contributed by atoms with Gasteiger partial charge in [0.1, 0.15) is 6.04 Å². The molecule has 1 saturated carbocycles. The van der Waals surface area contributed by atoms with Gasteiger partial charge < -0.3 is 25.4 Å². The minimum atomic E-state index is -4.32. The molecule has 4 saturated heterocycles. The van der Waals surface area contributed by atoms with Crippen LogP contribution < -0.4 is 26.6 Å². The number of likely N-dealkylation sites (tertiary alicyclic amines) is 1. The van der Waals surface area contributed by atoms with Crippen molar-refractivity contribution in [2.45, 2.75) is 106 Å². The molecule has 5 aliphatic rings. The summed E-state index contributed by atoms with van der Waals surface area (Å²) in [5.41, 5.74) is 0. The van der Waals surface area contributed by atoms with E-state index in [2.05, 4.69) is 31.5 Å². The van der Waals surface area contributed by atoms with Crippen molar-refractivity contribution in [1.29, 1.82) is 0 Å². The summed E-state index contributed by atoms with van der Waals surface area (Å²) in [5.74, 6) is -2.00. The lowest BCUT2D eigenvalue weighted by Crippen LogP contribution is -2.79. The molecule has 5 fully saturated rings. The zero-order chi connectivity index (χ0) is 35.5. The molecule has 1 aliphatic carbocycles. The number of hydrogen-bond acceptors (Lipinski definition) is 11. The molecule has 6 N–H and O–H groups in total. The Morgan fingerprint density at radius 1 is 1.14 bits per heavy atom. The molecule has 0 aromatic carbocycles. The van der Waals surface area contributed by atoms with Crippen LogP contribution in [-0.4, -0.2) is 163 Å². The van der Waals surface area contributed by atoms with Gasteiger partial charge in [-0.2, -0.15) is 13.2 Å². The first kappa shape index (κ1) is 38.3. The van der Waals surface area contributed by atoms with Gasteiger partial charge in [-0.15, -0.1) is 11.6 Å². The van der Waals surface area contributed by atoms with Gasteiger partial charge in [0.15, 0.2) is 5.78 Å². The molecule has 0 aromatic rings. The normalized spacial score (nSPS) is 38.4. The number of Topliss-reactive ketones (excluding diaryl/α,β-unsaturated/α-hetero) is 1. The van der Waals surface area contributed by atoms with Crippen LogP contribution in [0.3, 0.4) is 0 Å². The molecular formula is C32H52ClF3N8O5. The number of alkyl halides is 4. The molecule has 278 valence electrons. The Bertz CT molecular complexity index is 1190. The number of halogens is 4. The van der Waals surface area contributed by atoms with Gasteiger partial charge in [0.05, 0.1) is 48.8 Å². The van der Waals surface area contributed by atoms with Crippen molar-refractivity contribution in [1.82, 2.24) is 41.3 Å². The summed E-state index contributed by atoms with van der Waals surface area (Å²) < 4.78 is 45.2. The second-order valence-corrected chi connectivity index (χ2v) is 14.5. The fourth-order valence-electron chi connectivity index (χ4n) is 8.09. The number of amides is 2. The summed E-state index contributed by atoms with van der Waals surface area (Å²) >= 11 is 6.39. The van der Waals surface area contributed by atoms with Crippen LogP contribution in [0.25, 0.3) is 0 Å². The standard InChI is InChI=1S/C32H52ClF3N8O5/c1-4-23-27(42-9-11-43(12-10-42)31(48)26-28(46)18(2)38-17-39-26)29(47)25-30(40-20(15-37-25)6-5-13-49-3)44(23)16-24(45)41-22-8-7-19(14-21(22)33)32(34,35)36/h5-6,18-23,25-28,30,37-40,46H,4,7-17H2,1-3H3,(H,41,45)/b6-5+. The monoisotopic (exact) mass is 720 g/mol. The van der Waals surface area contributed by atoms with Gasteiger partial charge in [-0.05, 0) is 32.6 Å². The van der Waals surface area contributed by atoms with Crippen molar-refractivity contribution in [3.05, 3.63) is 12.2 Å². The quantitative estimate of drug-likeness (QED) is 0.133. The van der Waals surface area contributed by atoms with Crippen LogP contribution in [0.15, 0.2) is 12.2 Å². The number of carbonyl (C=O) groups is 3. The number of fused-ring (bicyclic) bond motifs is 1. The summed E-state index contributed by atoms with van der Waals surface area (Å²) in [6.07, 6.45) is -1.52.